The van der Waals surface area contributed by atoms with Crippen LogP contribution in [0.15, 0.2) is 12.1 Å². The number of hydrogen-bond donors (Lipinski definition) is 1. The zero-order valence-corrected chi connectivity index (χ0v) is 8.14. The Morgan fingerprint density at radius 1 is 1.20 bits per heavy atom. The van der Waals surface area contributed by atoms with Crippen molar-refractivity contribution in [3.05, 3.63) is 35.1 Å². The average molecular weight is 215 g/mol. The Balaban J connectivity index is 2.19. The zero-order chi connectivity index (χ0) is 11.0. The highest BCUT2D eigenvalue weighted by atomic mass is 19.2. The minimum Gasteiger partial charge on any atom is -0.324 e. The summed E-state index contributed by atoms with van der Waals surface area (Å²) >= 11 is 0. The molecule has 0 aliphatic heterocycles. The molecule has 2 N–H and O–H groups in total. The van der Waals surface area contributed by atoms with Gasteiger partial charge in [0.15, 0.2) is 17.5 Å². The van der Waals surface area contributed by atoms with Gasteiger partial charge >= 0.3 is 0 Å². The van der Waals surface area contributed by atoms with Crippen LogP contribution in [0.3, 0.4) is 0 Å². The van der Waals surface area contributed by atoms with Gasteiger partial charge in [0.25, 0.3) is 0 Å². The Labute approximate surface area is 86.1 Å². The Morgan fingerprint density at radius 3 is 2.20 bits per heavy atom. The van der Waals surface area contributed by atoms with Crippen LogP contribution in [0, 0.1) is 23.4 Å². The van der Waals surface area contributed by atoms with E-state index in [1.165, 1.54) is 0 Å². The SMILES string of the molecule is NC(CC1CC1)c1cc(F)c(F)c(F)c1. The molecular weight excluding hydrogens is 203 g/mol. The van der Waals surface area contributed by atoms with Gasteiger partial charge in [0.1, 0.15) is 0 Å². The Morgan fingerprint density at radius 2 is 1.73 bits per heavy atom. The van der Waals surface area contributed by atoms with Crippen LogP contribution in [0.4, 0.5) is 13.2 Å². The Bertz CT molecular complexity index is 351. The van der Waals surface area contributed by atoms with Crippen molar-refractivity contribution in [2.75, 3.05) is 0 Å². The van der Waals surface area contributed by atoms with Crippen LogP contribution in [0.2, 0.25) is 0 Å². The van der Waals surface area contributed by atoms with Gasteiger partial charge in [0.05, 0.1) is 0 Å². The van der Waals surface area contributed by atoms with Gasteiger partial charge in [-0.05, 0) is 30.0 Å². The van der Waals surface area contributed by atoms with Crippen LogP contribution < -0.4 is 5.73 Å². The fourth-order valence-electron chi connectivity index (χ4n) is 1.64. The van der Waals surface area contributed by atoms with Crippen LogP contribution in [0.1, 0.15) is 30.9 Å². The van der Waals surface area contributed by atoms with E-state index in [2.05, 4.69) is 0 Å². The van der Waals surface area contributed by atoms with E-state index in [9.17, 15) is 13.2 Å². The summed E-state index contributed by atoms with van der Waals surface area (Å²) in [5, 5.41) is 0. The maximum atomic E-state index is 12.9. The van der Waals surface area contributed by atoms with E-state index in [0.29, 0.717) is 17.9 Å². The van der Waals surface area contributed by atoms with Crippen LogP contribution in [0.5, 0.6) is 0 Å². The smallest absolute Gasteiger partial charge is 0.194 e. The zero-order valence-electron chi connectivity index (χ0n) is 8.14. The second-order valence-electron chi connectivity index (χ2n) is 4.08. The third-order valence-corrected chi connectivity index (χ3v) is 2.72. The second-order valence-corrected chi connectivity index (χ2v) is 4.08. The lowest BCUT2D eigenvalue weighted by atomic mass is 10.0. The van der Waals surface area contributed by atoms with E-state index in [1.807, 2.05) is 0 Å². The van der Waals surface area contributed by atoms with Gasteiger partial charge in [0.2, 0.25) is 0 Å². The summed E-state index contributed by atoms with van der Waals surface area (Å²) in [4.78, 5) is 0. The fraction of sp³-hybridized carbons (Fsp3) is 0.455. The predicted octanol–water partition coefficient (Wildman–Crippen LogP) is 2.90. The molecule has 15 heavy (non-hydrogen) atoms. The van der Waals surface area contributed by atoms with Gasteiger partial charge in [-0.3, -0.25) is 0 Å². The Hall–Kier alpha value is -1.03. The first-order valence-corrected chi connectivity index (χ1v) is 4.98. The number of rotatable bonds is 3. The van der Waals surface area contributed by atoms with Crippen molar-refractivity contribution in [2.24, 2.45) is 11.7 Å². The lowest BCUT2D eigenvalue weighted by molar-refractivity contribution is 0.442. The molecule has 0 amide bonds. The minimum atomic E-state index is -1.43. The molecule has 1 saturated carbocycles. The molecule has 2 rings (SSSR count). The summed E-state index contributed by atoms with van der Waals surface area (Å²) in [6.45, 7) is 0. The third kappa shape index (κ3) is 2.31. The normalized spacial score (nSPS) is 17.9. The summed E-state index contributed by atoms with van der Waals surface area (Å²) in [6, 6.07) is 1.55. The van der Waals surface area contributed by atoms with Gasteiger partial charge < -0.3 is 5.73 Å². The van der Waals surface area contributed by atoms with Crippen LogP contribution in [-0.4, -0.2) is 0 Å². The molecule has 1 aliphatic carbocycles. The molecule has 0 saturated heterocycles. The molecule has 1 aliphatic rings. The topological polar surface area (TPSA) is 26.0 Å². The van der Waals surface area contributed by atoms with Crippen LogP contribution >= 0.6 is 0 Å². The summed E-state index contributed by atoms with van der Waals surface area (Å²) in [6.07, 6.45) is 2.96. The van der Waals surface area contributed by atoms with E-state index in [1.54, 1.807) is 0 Å². The molecule has 0 bridgehead atoms. The van der Waals surface area contributed by atoms with Gasteiger partial charge in [0, 0.05) is 6.04 Å². The van der Waals surface area contributed by atoms with Crippen molar-refractivity contribution in [1.82, 2.24) is 0 Å². The molecule has 1 atom stereocenters. The summed E-state index contributed by atoms with van der Waals surface area (Å²) in [7, 11) is 0. The summed E-state index contributed by atoms with van der Waals surface area (Å²) in [5.41, 5.74) is 6.10. The molecule has 1 aromatic rings. The standard InChI is InChI=1S/C11H12F3N/c12-8-4-7(5-9(13)11(8)14)10(15)3-6-1-2-6/h4-6,10H,1-3,15H2. The molecule has 0 heterocycles. The highest BCUT2D eigenvalue weighted by Crippen LogP contribution is 2.37. The summed E-state index contributed by atoms with van der Waals surface area (Å²) < 4.78 is 38.4. The van der Waals surface area contributed by atoms with Gasteiger partial charge in [-0.15, -0.1) is 0 Å². The molecule has 1 fully saturated rings. The van der Waals surface area contributed by atoms with Crippen molar-refractivity contribution in [3.8, 4) is 0 Å². The number of halogens is 3. The molecule has 1 nitrogen and oxygen atoms in total. The van der Waals surface area contributed by atoms with Crippen molar-refractivity contribution in [3.63, 3.8) is 0 Å². The molecule has 4 heteroatoms. The van der Waals surface area contributed by atoms with E-state index in [0.717, 1.165) is 25.0 Å². The monoisotopic (exact) mass is 215 g/mol. The fourth-order valence-corrected chi connectivity index (χ4v) is 1.64. The molecule has 1 aromatic carbocycles. The van der Waals surface area contributed by atoms with Crippen molar-refractivity contribution in [2.45, 2.75) is 25.3 Å². The van der Waals surface area contributed by atoms with E-state index in [4.69, 9.17) is 5.73 Å². The first-order chi connectivity index (χ1) is 7.08. The summed E-state index contributed by atoms with van der Waals surface area (Å²) in [5.74, 6) is -3.21. The largest absolute Gasteiger partial charge is 0.324 e. The van der Waals surface area contributed by atoms with Gasteiger partial charge in [-0.1, -0.05) is 12.8 Å². The highest BCUT2D eigenvalue weighted by molar-refractivity contribution is 5.22. The maximum absolute atomic E-state index is 12.9. The quantitative estimate of drug-likeness (QED) is 0.771. The average Bonchev–Trinajstić information content (AvgIpc) is 2.97. The molecule has 1 unspecified atom stereocenters. The number of hydrogen-bond acceptors (Lipinski definition) is 1. The van der Waals surface area contributed by atoms with E-state index < -0.39 is 23.5 Å². The third-order valence-electron chi connectivity index (χ3n) is 2.72. The number of nitrogens with two attached hydrogens (primary N) is 1. The van der Waals surface area contributed by atoms with Crippen LogP contribution in [0.25, 0.3) is 0 Å². The molecule has 82 valence electrons. The maximum Gasteiger partial charge on any atom is 0.194 e. The highest BCUT2D eigenvalue weighted by Gasteiger charge is 2.25. The minimum absolute atomic E-state index is 0.332. The predicted molar refractivity (Wildman–Crippen MR) is 50.6 cm³/mol. The van der Waals surface area contributed by atoms with Gasteiger partial charge in [-0.25, -0.2) is 13.2 Å². The first-order valence-electron chi connectivity index (χ1n) is 4.98. The lowest BCUT2D eigenvalue weighted by Crippen LogP contribution is -2.12. The first kappa shape index (κ1) is 10.5. The lowest BCUT2D eigenvalue weighted by Gasteiger charge is -2.11. The van der Waals surface area contributed by atoms with Crippen molar-refractivity contribution < 1.29 is 13.2 Å². The molecular formula is C11H12F3N. The van der Waals surface area contributed by atoms with Crippen LogP contribution in [-0.2, 0) is 0 Å². The van der Waals surface area contributed by atoms with Crippen molar-refractivity contribution >= 4 is 0 Å². The van der Waals surface area contributed by atoms with E-state index >= 15 is 0 Å². The number of benzene rings is 1. The molecule has 0 spiro atoms. The molecule has 0 aromatic heterocycles. The van der Waals surface area contributed by atoms with Crippen molar-refractivity contribution in [1.29, 1.82) is 0 Å². The van der Waals surface area contributed by atoms with Gasteiger partial charge in [-0.2, -0.15) is 0 Å². The second kappa shape index (κ2) is 3.85. The molecule has 0 radical (unpaired) electrons. The van der Waals surface area contributed by atoms with E-state index in [-0.39, 0.29) is 0 Å². The Kier molecular flexibility index (Phi) is 2.69.